The number of alkyl halides is 2. The Hall–Kier alpha value is -1.66. The molecule has 5 nitrogen and oxygen atoms in total. The van der Waals surface area contributed by atoms with Crippen LogP contribution in [0.5, 0.6) is 0 Å². The lowest BCUT2D eigenvalue weighted by molar-refractivity contribution is 0.0460. The number of ether oxygens (including phenoxy) is 1. The van der Waals surface area contributed by atoms with Crippen molar-refractivity contribution in [1.29, 1.82) is 0 Å². The molecule has 19 heavy (non-hydrogen) atoms. The third kappa shape index (κ3) is 4.50. The monoisotopic (exact) mass is 275 g/mol. The van der Waals surface area contributed by atoms with E-state index >= 15 is 0 Å². The Bertz CT molecular complexity index is 450. The summed E-state index contributed by atoms with van der Waals surface area (Å²) in [6, 6.07) is 1.43. The second-order valence-electron chi connectivity index (χ2n) is 5.71. The maximum Gasteiger partial charge on any atom is 0.408 e. The van der Waals surface area contributed by atoms with E-state index in [9.17, 15) is 13.6 Å². The fourth-order valence-electron chi connectivity index (χ4n) is 1.40. The van der Waals surface area contributed by atoms with Crippen LogP contribution < -0.4 is 5.32 Å². The van der Waals surface area contributed by atoms with Gasteiger partial charge in [0.15, 0.2) is 0 Å². The molecular weight excluding hydrogens is 256 g/mol. The van der Waals surface area contributed by atoms with Gasteiger partial charge < -0.3 is 10.1 Å². The summed E-state index contributed by atoms with van der Waals surface area (Å²) in [5, 5.41) is 6.33. The third-order valence-electron chi connectivity index (χ3n) is 2.26. The Morgan fingerprint density at radius 1 is 1.37 bits per heavy atom. The maximum atomic E-state index is 12.4. The van der Waals surface area contributed by atoms with Crippen molar-refractivity contribution in [2.75, 3.05) is 0 Å². The van der Waals surface area contributed by atoms with Crippen LogP contribution in [0.1, 0.15) is 46.9 Å². The van der Waals surface area contributed by atoms with Gasteiger partial charge in [0.1, 0.15) is 5.60 Å². The van der Waals surface area contributed by atoms with Crippen molar-refractivity contribution in [1.82, 2.24) is 15.1 Å². The second kappa shape index (κ2) is 5.14. The molecule has 1 N–H and O–H groups in total. The van der Waals surface area contributed by atoms with E-state index in [0.717, 1.165) is 0 Å². The van der Waals surface area contributed by atoms with Crippen molar-refractivity contribution >= 4 is 6.09 Å². The van der Waals surface area contributed by atoms with Gasteiger partial charge in [-0.05, 0) is 40.7 Å². The summed E-state index contributed by atoms with van der Waals surface area (Å²) in [7, 11) is 0. The number of rotatable bonds is 3. The quantitative estimate of drug-likeness (QED) is 0.922. The van der Waals surface area contributed by atoms with Gasteiger partial charge >= 0.3 is 12.6 Å². The molecule has 1 amide bonds. The number of halogens is 2. The molecule has 0 bridgehead atoms. The van der Waals surface area contributed by atoms with E-state index < -0.39 is 23.8 Å². The van der Waals surface area contributed by atoms with Crippen LogP contribution >= 0.6 is 0 Å². The Labute approximate surface area is 110 Å². The molecule has 0 spiro atoms. The molecule has 1 aromatic rings. The van der Waals surface area contributed by atoms with Gasteiger partial charge in [0.05, 0.1) is 11.2 Å². The van der Waals surface area contributed by atoms with Crippen molar-refractivity contribution in [2.24, 2.45) is 0 Å². The molecule has 0 unspecified atom stereocenters. The van der Waals surface area contributed by atoms with E-state index in [2.05, 4.69) is 10.4 Å². The van der Waals surface area contributed by atoms with Crippen molar-refractivity contribution in [3.8, 4) is 0 Å². The highest BCUT2D eigenvalue weighted by Gasteiger charge is 2.28. The molecule has 7 heteroatoms. The van der Waals surface area contributed by atoms with E-state index in [1.165, 1.54) is 12.3 Å². The second-order valence-corrected chi connectivity index (χ2v) is 5.71. The zero-order valence-electron chi connectivity index (χ0n) is 11.7. The highest BCUT2D eigenvalue weighted by atomic mass is 19.3. The van der Waals surface area contributed by atoms with E-state index in [1.54, 1.807) is 34.6 Å². The Morgan fingerprint density at radius 3 is 2.37 bits per heavy atom. The van der Waals surface area contributed by atoms with E-state index in [-0.39, 0.29) is 0 Å². The minimum Gasteiger partial charge on any atom is -0.444 e. The number of nitrogens with one attached hydrogen (secondary N) is 1. The molecule has 0 aliphatic rings. The van der Waals surface area contributed by atoms with E-state index in [0.29, 0.717) is 10.4 Å². The topological polar surface area (TPSA) is 56.1 Å². The zero-order chi connectivity index (χ0) is 14.8. The smallest absolute Gasteiger partial charge is 0.408 e. The number of nitrogens with zero attached hydrogens (tertiary/aromatic N) is 2. The molecular formula is C12H19F2N3O2. The minimum atomic E-state index is -2.70. The minimum absolute atomic E-state index is 0.332. The Morgan fingerprint density at radius 2 is 1.95 bits per heavy atom. The molecule has 0 atom stereocenters. The first kappa shape index (κ1) is 15.4. The summed E-state index contributed by atoms with van der Waals surface area (Å²) in [6.07, 6.45) is 0.544. The summed E-state index contributed by atoms with van der Waals surface area (Å²) in [5.74, 6) is 0. The van der Waals surface area contributed by atoms with Crippen molar-refractivity contribution < 1.29 is 18.3 Å². The molecule has 108 valence electrons. The van der Waals surface area contributed by atoms with Gasteiger partial charge in [0, 0.05) is 6.20 Å². The van der Waals surface area contributed by atoms with Crippen LogP contribution in [-0.4, -0.2) is 21.5 Å². The summed E-state index contributed by atoms with van der Waals surface area (Å²) in [6.45, 7) is 5.84. The highest BCUT2D eigenvalue weighted by Crippen LogP contribution is 2.20. The summed E-state index contributed by atoms with van der Waals surface area (Å²) >= 11 is 0. The average molecular weight is 275 g/mol. The number of hydrogen-bond donors (Lipinski definition) is 1. The molecule has 1 aromatic heterocycles. The SMILES string of the molecule is CC(C)(C)OC(=O)NC(C)(C)c1ccn(C(F)F)n1. The summed E-state index contributed by atoms with van der Waals surface area (Å²) in [4.78, 5) is 11.7. The molecule has 0 aliphatic heterocycles. The largest absolute Gasteiger partial charge is 0.444 e. The van der Waals surface area contributed by atoms with Gasteiger partial charge in [-0.2, -0.15) is 13.9 Å². The molecule has 0 aliphatic carbocycles. The zero-order valence-corrected chi connectivity index (χ0v) is 11.7. The lowest BCUT2D eigenvalue weighted by Gasteiger charge is -2.27. The van der Waals surface area contributed by atoms with Crippen LogP contribution in [0.2, 0.25) is 0 Å². The standard InChI is InChI=1S/C12H19F2N3O2/c1-11(2,3)19-10(18)15-12(4,5)8-6-7-17(16-8)9(13)14/h6-7,9H,1-5H3,(H,15,18). The van der Waals surface area contributed by atoms with Crippen LogP contribution in [0.3, 0.4) is 0 Å². The number of carbonyl (C=O) groups excluding carboxylic acids is 1. The average Bonchev–Trinajstić information content (AvgIpc) is 2.61. The Kier molecular flexibility index (Phi) is 4.17. The normalized spacial score (nSPS) is 12.6. The Balaban J connectivity index is 2.77. The predicted molar refractivity (Wildman–Crippen MR) is 65.9 cm³/mol. The molecule has 1 heterocycles. The van der Waals surface area contributed by atoms with Crippen LogP contribution in [0.15, 0.2) is 12.3 Å². The van der Waals surface area contributed by atoms with Gasteiger partial charge in [-0.3, -0.25) is 0 Å². The van der Waals surface area contributed by atoms with E-state index in [1.807, 2.05) is 0 Å². The first-order valence-corrected chi connectivity index (χ1v) is 5.86. The lowest BCUT2D eigenvalue weighted by Crippen LogP contribution is -2.44. The lowest BCUT2D eigenvalue weighted by atomic mass is 10.0. The van der Waals surface area contributed by atoms with Gasteiger partial charge in [-0.25, -0.2) is 9.48 Å². The van der Waals surface area contributed by atoms with Crippen molar-refractivity contribution in [3.05, 3.63) is 18.0 Å². The van der Waals surface area contributed by atoms with Crippen LogP contribution in [0.4, 0.5) is 13.6 Å². The highest BCUT2D eigenvalue weighted by molar-refractivity contribution is 5.68. The van der Waals surface area contributed by atoms with Gasteiger partial charge in [0.25, 0.3) is 0 Å². The van der Waals surface area contributed by atoms with Crippen LogP contribution in [0, 0.1) is 0 Å². The number of amides is 1. The van der Waals surface area contributed by atoms with Crippen molar-refractivity contribution in [2.45, 2.75) is 52.3 Å². The molecule has 0 aromatic carbocycles. The fraction of sp³-hybridized carbons (Fsp3) is 0.667. The van der Waals surface area contributed by atoms with E-state index in [4.69, 9.17) is 4.74 Å². The molecule has 0 saturated heterocycles. The number of aromatic nitrogens is 2. The van der Waals surface area contributed by atoms with Gasteiger partial charge in [0.2, 0.25) is 0 Å². The molecule has 0 fully saturated rings. The fourth-order valence-corrected chi connectivity index (χ4v) is 1.40. The van der Waals surface area contributed by atoms with Gasteiger partial charge in [-0.15, -0.1) is 0 Å². The third-order valence-corrected chi connectivity index (χ3v) is 2.26. The number of hydrogen-bond acceptors (Lipinski definition) is 3. The first-order valence-electron chi connectivity index (χ1n) is 5.86. The summed E-state index contributed by atoms with van der Waals surface area (Å²) < 4.78 is 30.5. The maximum absolute atomic E-state index is 12.4. The predicted octanol–water partition coefficient (Wildman–Crippen LogP) is 3.04. The molecule has 0 saturated carbocycles. The summed E-state index contributed by atoms with van der Waals surface area (Å²) in [5.41, 5.74) is -1.19. The van der Waals surface area contributed by atoms with Crippen LogP contribution in [0.25, 0.3) is 0 Å². The molecule has 0 radical (unpaired) electrons. The van der Waals surface area contributed by atoms with Crippen molar-refractivity contribution in [3.63, 3.8) is 0 Å². The molecule has 1 rings (SSSR count). The van der Waals surface area contributed by atoms with Gasteiger partial charge in [-0.1, -0.05) is 0 Å². The number of alkyl carbamates (subject to hydrolysis) is 1. The van der Waals surface area contributed by atoms with Crippen LogP contribution in [-0.2, 0) is 10.3 Å². The first-order chi connectivity index (χ1) is 8.51. The number of carbonyl (C=O) groups is 1.